The van der Waals surface area contributed by atoms with Gasteiger partial charge in [-0.1, -0.05) is 26.0 Å². The van der Waals surface area contributed by atoms with Gasteiger partial charge in [-0.05, 0) is 31.0 Å². The molecule has 156 valence electrons. The van der Waals surface area contributed by atoms with E-state index in [4.69, 9.17) is 5.10 Å². The van der Waals surface area contributed by atoms with E-state index in [1.807, 2.05) is 25.8 Å². The first-order chi connectivity index (χ1) is 14.1. The Labute approximate surface area is 174 Å². The Morgan fingerprint density at radius 1 is 0.931 bits per heavy atom. The average Bonchev–Trinajstić information content (AvgIpc) is 3.08. The molecule has 2 aromatic carbocycles. The van der Waals surface area contributed by atoms with Crippen LogP contribution in [0.5, 0.6) is 0 Å². The topological polar surface area (TPSA) is 57.1 Å². The van der Waals surface area contributed by atoms with Crippen LogP contribution in [0.4, 0.5) is 22.9 Å². The molecule has 0 aliphatic rings. The Morgan fingerprint density at radius 3 is 2.07 bits per heavy atom. The zero-order chi connectivity index (χ0) is 21.0. The number of hydrogen-bond acceptors (Lipinski definition) is 5. The molecule has 0 spiro atoms. The molecular formula is C23H34N6. The van der Waals surface area contributed by atoms with Gasteiger partial charge in [0.25, 0.3) is 0 Å². The molecule has 0 saturated heterocycles. The van der Waals surface area contributed by atoms with Crippen molar-refractivity contribution in [1.82, 2.24) is 9.78 Å². The Balaban J connectivity index is 2.27. The lowest BCUT2D eigenvalue weighted by Gasteiger charge is -2.24. The van der Waals surface area contributed by atoms with Crippen LogP contribution in [0.2, 0.25) is 0 Å². The second-order valence-corrected chi connectivity index (χ2v) is 7.33. The smallest absolute Gasteiger partial charge is 0.134 e. The monoisotopic (exact) mass is 394 g/mol. The normalized spacial score (nSPS) is 11.0. The van der Waals surface area contributed by atoms with E-state index in [-0.39, 0.29) is 0 Å². The minimum absolute atomic E-state index is 1.03. The highest BCUT2D eigenvalue weighted by Gasteiger charge is 2.20. The molecule has 3 rings (SSSR count). The number of fused-ring (bicyclic) bond motifs is 1. The van der Waals surface area contributed by atoms with Crippen molar-refractivity contribution in [2.24, 2.45) is 7.05 Å². The summed E-state index contributed by atoms with van der Waals surface area (Å²) >= 11 is 0. The maximum absolute atomic E-state index is 4.97. The highest BCUT2D eigenvalue weighted by Crippen LogP contribution is 2.42. The molecule has 0 unspecified atom stereocenters. The standard InChI is InChI=1S/C23H34N6/c1-7-12-29(13-8-2)23-18-11-9-10-17(22(18)27-28(23)6)21-19(25-4)14-16(24-3)15-20(21)26-5/h9-11,14-15,24-26H,7-8,12-13H2,1-6H3. The van der Waals surface area contributed by atoms with Crippen LogP contribution in [0.25, 0.3) is 22.0 Å². The van der Waals surface area contributed by atoms with Crippen molar-refractivity contribution in [3.8, 4) is 11.1 Å². The van der Waals surface area contributed by atoms with Crippen molar-refractivity contribution < 1.29 is 0 Å². The molecular weight excluding hydrogens is 360 g/mol. The second kappa shape index (κ2) is 9.07. The van der Waals surface area contributed by atoms with Crippen molar-refractivity contribution in [2.75, 3.05) is 55.1 Å². The summed E-state index contributed by atoms with van der Waals surface area (Å²) in [5.74, 6) is 1.20. The summed E-state index contributed by atoms with van der Waals surface area (Å²) in [5.41, 5.74) is 6.51. The van der Waals surface area contributed by atoms with E-state index < -0.39 is 0 Å². The van der Waals surface area contributed by atoms with E-state index in [2.05, 4.69) is 72.1 Å². The Morgan fingerprint density at radius 2 is 1.55 bits per heavy atom. The summed E-state index contributed by atoms with van der Waals surface area (Å²) in [6, 6.07) is 10.8. The molecule has 0 fully saturated rings. The quantitative estimate of drug-likeness (QED) is 0.477. The SMILES string of the molecule is CCCN(CCC)c1c2cccc(-c3c(NC)cc(NC)cc3NC)c2nn1C. The molecule has 1 aromatic heterocycles. The van der Waals surface area contributed by atoms with Crippen LogP contribution in [-0.4, -0.2) is 44.0 Å². The zero-order valence-corrected chi connectivity index (χ0v) is 18.6. The minimum Gasteiger partial charge on any atom is -0.388 e. The van der Waals surface area contributed by atoms with Gasteiger partial charge >= 0.3 is 0 Å². The fraction of sp³-hybridized carbons (Fsp3) is 0.435. The van der Waals surface area contributed by atoms with Gasteiger partial charge in [0.2, 0.25) is 0 Å². The number of nitrogens with one attached hydrogen (secondary N) is 3. The average molecular weight is 395 g/mol. The van der Waals surface area contributed by atoms with E-state index in [0.717, 1.165) is 59.6 Å². The lowest BCUT2D eigenvalue weighted by Crippen LogP contribution is -2.27. The van der Waals surface area contributed by atoms with E-state index >= 15 is 0 Å². The van der Waals surface area contributed by atoms with Gasteiger partial charge < -0.3 is 20.9 Å². The second-order valence-electron chi connectivity index (χ2n) is 7.33. The first-order valence-electron chi connectivity index (χ1n) is 10.5. The fourth-order valence-electron chi connectivity index (χ4n) is 4.11. The highest BCUT2D eigenvalue weighted by atomic mass is 15.4. The number of anilines is 4. The third-order valence-corrected chi connectivity index (χ3v) is 5.36. The van der Waals surface area contributed by atoms with Crippen molar-refractivity contribution in [3.63, 3.8) is 0 Å². The lowest BCUT2D eigenvalue weighted by atomic mass is 9.98. The van der Waals surface area contributed by atoms with Crippen molar-refractivity contribution in [2.45, 2.75) is 26.7 Å². The number of hydrogen-bond donors (Lipinski definition) is 3. The van der Waals surface area contributed by atoms with Gasteiger partial charge in [0.05, 0.1) is 0 Å². The highest BCUT2D eigenvalue weighted by molar-refractivity contribution is 6.05. The molecule has 0 radical (unpaired) electrons. The summed E-state index contributed by atoms with van der Waals surface area (Å²) in [6.07, 6.45) is 2.23. The van der Waals surface area contributed by atoms with Gasteiger partial charge in [0.15, 0.2) is 0 Å². The van der Waals surface area contributed by atoms with Crippen LogP contribution >= 0.6 is 0 Å². The van der Waals surface area contributed by atoms with Gasteiger partial charge in [0, 0.05) is 74.9 Å². The molecule has 29 heavy (non-hydrogen) atoms. The van der Waals surface area contributed by atoms with E-state index in [9.17, 15) is 0 Å². The molecule has 0 bridgehead atoms. The van der Waals surface area contributed by atoms with Gasteiger partial charge in [-0.3, -0.25) is 4.68 Å². The van der Waals surface area contributed by atoms with Crippen LogP contribution < -0.4 is 20.9 Å². The predicted octanol–water partition coefficient (Wildman–Crippen LogP) is 4.99. The van der Waals surface area contributed by atoms with Crippen LogP contribution in [0.3, 0.4) is 0 Å². The summed E-state index contributed by atoms with van der Waals surface area (Å²) in [5, 5.41) is 16.2. The van der Waals surface area contributed by atoms with Crippen molar-refractivity contribution in [3.05, 3.63) is 30.3 Å². The van der Waals surface area contributed by atoms with E-state index in [1.165, 1.54) is 11.2 Å². The van der Waals surface area contributed by atoms with E-state index in [1.54, 1.807) is 0 Å². The number of nitrogens with zero attached hydrogens (tertiary/aromatic N) is 3. The predicted molar refractivity (Wildman–Crippen MR) is 128 cm³/mol. The summed E-state index contributed by atoms with van der Waals surface area (Å²) in [4.78, 5) is 2.46. The zero-order valence-electron chi connectivity index (χ0n) is 18.6. The molecule has 1 heterocycles. The Bertz CT molecular complexity index is 944. The van der Waals surface area contributed by atoms with Gasteiger partial charge in [-0.25, -0.2) is 0 Å². The van der Waals surface area contributed by atoms with Gasteiger partial charge in [-0.15, -0.1) is 0 Å². The van der Waals surface area contributed by atoms with Crippen LogP contribution in [0, 0.1) is 0 Å². The molecule has 6 heteroatoms. The molecule has 0 atom stereocenters. The maximum Gasteiger partial charge on any atom is 0.134 e. The van der Waals surface area contributed by atoms with Gasteiger partial charge in [0.1, 0.15) is 11.3 Å². The lowest BCUT2D eigenvalue weighted by molar-refractivity contribution is 0.685. The molecule has 6 nitrogen and oxygen atoms in total. The largest absolute Gasteiger partial charge is 0.388 e. The van der Waals surface area contributed by atoms with Crippen molar-refractivity contribution >= 4 is 33.8 Å². The Hall–Kier alpha value is -2.89. The number of aryl methyl sites for hydroxylation is 1. The third kappa shape index (κ3) is 3.84. The van der Waals surface area contributed by atoms with Crippen LogP contribution in [0.1, 0.15) is 26.7 Å². The Kier molecular flexibility index (Phi) is 6.52. The maximum atomic E-state index is 4.97. The fourth-order valence-corrected chi connectivity index (χ4v) is 4.11. The molecule has 0 amide bonds. The van der Waals surface area contributed by atoms with E-state index in [0.29, 0.717) is 0 Å². The first-order valence-corrected chi connectivity index (χ1v) is 10.5. The van der Waals surface area contributed by atoms with Crippen LogP contribution in [0.15, 0.2) is 30.3 Å². The van der Waals surface area contributed by atoms with Crippen molar-refractivity contribution in [1.29, 1.82) is 0 Å². The summed E-state index contributed by atoms with van der Waals surface area (Å²) < 4.78 is 2.04. The summed E-state index contributed by atoms with van der Waals surface area (Å²) in [6.45, 7) is 6.53. The number of benzene rings is 2. The van der Waals surface area contributed by atoms with Gasteiger partial charge in [-0.2, -0.15) is 5.10 Å². The summed E-state index contributed by atoms with van der Waals surface area (Å²) in [7, 11) is 7.92. The number of rotatable bonds is 9. The molecule has 0 saturated carbocycles. The first kappa shape index (κ1) is 20.8. The molecule has 3 N–H and O–H groups in total. The molecule has 0 aliphatic heterocycles. The number of aromatic nitrogens is 2. The third-order valence-electron chi connectivity index (χ3n) is 5.36. The van der Waals surface area contributed by atoms with Crippen LogP contribution in [-0.2, 0) is 7.05 Å². The molecule has 0 aliphatic carbocycles. The molecule has 3 aromatic rings. The minimum atomic E-state index is 1.03.